The predicted octanol–water partition coefficient (Wildman–Crippen LogP) is 3.62. The maximum absolute atomic E-state index is 12.6. The Bertz CT molecular complexity index is 1310. The number of esters is 4. The fraction of sp³-hybridized carbons (Fsp3) is 0.500. The van der Waals surface area contributed by atoms with Crippen LogP contribution in [0.25, 0.3) is 10.8 Å². The number of ether oxygens (including phenoxy) is 4. The third-order valence-electron chi connectivity index (χ3n) is 6.10. The number of carbonyl (C=O) groups is 4. The van der Waals surface area contributed by atoms with Gasteiger partial charge in [-0.05, 0) is 68.0 Å². The first-order valence-electron chi connectivity index (χ1n) is 13.8. The highest BCUT2D eigenvalue weighted by Gasteiger charge is 2.22. The average molecular weight is 623 g/mol. The molecule has 0 aliphatic carbocycles. The highest BCUT2D eigenvalue weighted by molar-refractivity contribution is 5.88. The summed E-state index contributed by atoms with van der Waals surface area (Å²) >= 11 is 0. The molecule has 16 nitrogen and oxygen atoms in total. The molecule has 2 atom stereocenters. The smallest absolute Gasteiger partial charge is 0.347 e. The number of fused-ring (bicyclic) bond motifs is 1. The van der Waals surface area contributed by atoms with Gasteiger partial charge in [0.1, 0.15) is 5.75 Å². The lowest BCUT2D eigenvalue weighted by atomic mass is 9.98. The average Bonchev–Trinajstić information content (AvgIpc) is 2.98. The minimum Gasteiger partial charge on any atom is -0.463 e. The molecule has 0 aliphatic rings. The molecular weight excluding hydrogens is 588 g/mol. The predicted molar refractivity (Wildman–Crippen MR) is 149 cm³/mol. The minimum atomic E-state index is -1.25. The molecule has 240 valence electrons. The van der Waals surface area contributed by atoms with Crippen LogP contribution in [0.15, 0.2) is 36.4 Å². The molecule has 44 heavy (non-hydrogen) atoms. The Kier molecular flexibility index (Phi) is 14.8. The molecule has 0 saturated carbocycles. The van der Waals surface area contributed by atoms with Gasteiger partial charge >= 0.3 is 23.9 Å². The Morgan fingerprint density at radius 1 is 0.727 bits per heavy atom. The van der Waals surface area contributed by atoms with E-state index in [9.17, 15) is 39.4 Å². The van der Waals surface area contributed by atoms with Gasteiger partial charge in [0.2, 0.25) is 0 Å². The topological polar surface area (TPSA) is 210 Å². The number of rotatable bonds is 20. The fourth-order valence-electron chi connectivity index (χ4n) is 3.75. The zero-order chi connectivity index (χ0) is 32.5. The molecule has 0 aliphatic heterocycles. The van der Waals surface area contributed by atoms with E-state index in [1.807, 2.05) is 0 Å². The molecule has 2 rings (SSSR count). The second-order valence-electron chi connectivity index (χ2n) is 9.50. The maximum Gasteiger partial charge on any atom is 0.347 e. The molecule has 2 aromatic rings. The van der Waals surface area contributed by atoms with Crippen LogP contribution in [0.5, 0.6) is 5.75 Å². The highest BCUT2D eigenvalue weighted by atomic mass is 17.0. The number of hydrogen-bond donors (Lipinski definition) is 0. The van der Waals surface area contributed by atoms with Gasteiger partial charge in [-0.1, -0.05) is 30.7 Å². The van der Waals surface area contributed by atoms with E-state index in [0.717, 1.165) is 10.8 Å². The van der Waals surface area contributed by atoms with Crippen LogP contribution in [0.1, 0.15) is 63.9 Å². The van der Waals surface area contributed by atoms with Crippen LogP contribution in [0.3, 0.4) is 0 Å². The summed E-state index contributed by atoms with van der Waals surface area (Å²) in [7, 11) is 0. The molecule has 2 aromatic carbocycles. The lowest BCUT2D eigenvalue weighted by Gasteiger charge is -2.15. The van der Waals surface area contributed by atoms with E-state index in [1.165, 1.54) is 6.92 Å². The van der Waals surface area contributed by atoms with Crippen LogP contribution in [0, 0.1) is 20.2 Å². The second kappa shape index (κ2) is 18.5. The molecule has 0 aromatic heterocycles. The van der Waals surface area contributed by atoms with E-state index in [4.69, 9.17) is 18.9 Å². The third kappa shape index (κ3) is 13.3. The summed E-state index contributed by atoms with van der Waals surface area (Å²) in [4.78, 5) is 77.2. The van der Waals surface area contributed by atoms with Crippen molar-refractivity contribution < 1.29 is 58.0 Å². The van der Waals surface area contributed by atoms with Gasteiger partial charge in [0.05, 0.1) is 25.7 Å². The first-order valence-corrected chi connectivity index (χ1v) is 13.8. The largest absolute Gasteiger partial charge is 0.463 e. The van der Waals surface area contributed by atoms with Gasteiger partial charge in [0.15, 0.2) is 12.7 Å². The first kappa shape index (κ1) is 35.2. The van der Waals surface area contributed by atoms with Gasteiger partial charge in [-0.3, -0.25) is 9.59 Å². The molecule has 0 bridgehead atoms. The van der Waals surface area contributed by atoms with Crippen molar-refractivity contribution in [1.29, 1.82) is 0 Å². The Morgan fingerprint density at radius 3 is 2.02 bits per heavy atom. The first-order chi connectivity index (χ1) is 21.0. The van der Waals surface area contributed by atoms with Gasteiger partial charge in [-0.25, -0.2) is 9.59 Å². The summed E-state index contributed by atoms with van der Waals surface area (Å²) < 4.78 is 20.3. The summed E-state index contributed by atoms with van der Waals surface area (Å²) in [6.07, 6.45) is 1.04. The minimum absolute atomic E-state index is 0.0216. The summed E-state index contributed by atoms with van der Waals surface area (Å²) in [5.41, 5.74) is 0.613. The monoisotopic (exact) mass is 622 g/mol. The molecule has 2 unspecified atom stereocenters. The molecular formula is C28H34N2O14. The zero-order valence-corrected chi connectivity index (χ0v) is 24.3. The molecule has 0 saturated heterocycles. The standard InChI is InChI=1S/C28H34N2O14/c1-19(27(33)40-18-26(32)43-20(2)28(34)39-13-6-7-15-42-30(37)38)21-9-10-23-17-24(12-11-22(23)16-21)44-25(31)8-4-3-5-14-41-29(35)36/h9-12,16-17,19-20H,3-8,13-15,18H2,1-2H3. The van der Waals surface area contributed by atoms with Crippen molar-refractivity contribution in [2.24, 2.45) is 0 Å². The second-order valence-corrected chi connectivity index (χ2v) is 9.50. The molecule has 0 radical (unpaired) electrons. The summed E-state index contributed by atoms with van der Waals surface area (Å²) in [5, 5.41) is 19.9. The number of benzene rings is 2. The maximum atomic E-state index is 12.6. The van der Waals surface area contributed by atoms with E-state index in [0.29, 0.717) is 43.4 Å². The van der Waals surface area contributed by atoms with Gasteiger partial charge in [-0.2, -0.15) is 0 Å². The summed E-state index contributed by atoms with van der Waals surface area (Å²) in [5.74, 6) is -3.28. The van der Waals surface area contributed by atoms with Crippen molar-refractivity contribution in [2.45, 2.75) is 64.4 Å². The van der Waals surface area contributed by atoms with Gasteiger partial charge < -0.3 is 28.6 Å². The lowest BCUT2D eigenvalue weighted by Crippen LogP contribution is -2.29. The number of carbonyl (C=O) groups excluding carboxylic acids is 4. The van der Waals surface area contributed by atoms with Gasteiger partial charge in [0, 0.05) is 6.42 Å². The van der Waals surface area contributed by atoms with E-state index in [2.05, 4.69) is 9.68 Å². The van der Waals surface area contributed by atoms with Crippen molar-refractivity contribution in [3.05, 3.63) is 62.2 Å². The fourth-order valence-corrected chi connectivity index (χ4v) is 3.75. The number of unbranched alkanes of at least 4 members (excludes halogenated alkanes) is 3. The van der Waals surface area contributed by atoms with Crippen molar-refractivity contribution in [1.82, 2.24) is 0 Å². The van der Waals surface area contributed by atoms with Crippen LogP contribution >= 0.6 is 0 Å². The van der Waals surface area contributed by atoms with Crippen LogP contribution in [-0.4, -0.2) is 66.6 Å². The van der Waals surface area contributed by atoms with E-state index in [-0.39, 0.29) is 26.2 Å². The van der Waals surface area contributed by atoms with Crippen molar-refractivity contribution >= 4 is 34.6 Å². The summed E-state index contributed by atoms with van der Waals surface area (Å²) in [6, 6.07) is 10.2. The quantitative estimate of drug-likeness (QED) is 0.0516. The zero-order valence-electron chi connectivity index (χ0n) is 24.3. The highest BCUT2D eigenvalue weighted by Crippen LogP contribution is 2.26. The molecule has 0 N–H and O–H groups in total. The van der Waals surface area contributed by atoms with Crippen LogP contribution < -0.4 is 4.74 Å². The number of nitrogens with zero attached hydrogens (tertiary/aromatic N) is 2. The van der Waals surface area contributed by atoms with Gasteiger partial charge in [0.25, 0.3) is 10.2 Å². The molecule has 0 spiro atoms. The number of hydrogen-bond acceptors (Lipinski definition) is 14. The van der Waals surface area contributed by atoms with Crippen LogP contribution in [0.2, 0.25) is 0 Å². The van der Waals surface area contributed by atoms with Crippen molar-refractivity contribution in [3.63, 3.8) is 0 Å². The Balaban J connectivity index is 1.76. The third-order valence-corrected chi connectivity index (χ3v) is 6.10. The Hall–Kier alpha value is -5.02. The molecule has 0 fully saturated rings. The Morgan fingerprint density at radius 2 is 1.34 bits per heavy atom. The SMILES string of the molecule is CC(OC(=O)COC(=O)C(C)c1ccc2cc(OC(=O)CCCCCO[N+](=O)[O-])ccc2c1)C(=O)OCCCCO[N+](=O)[O-]. The van der Waals surface area contributed by atoms with Crippen LogP contribution in [0.4, 0.5) is 0 Å². The molecule has 16 heteroatoms. The van der Waals surface area contributed by atoms with Crippen molar-refractivity contribution in [2.75, 3.05) is 26.4 Å². The van der Waals surface area contributed by atoms with E-state index >= 15 is 0 Å². The van der Waals surface area contributed by atoms with E-state index < -0.39 is 52.7 Å². The Labute approximate surface area is 251 Å². The molecule has 0 amide bonds. The molecule has 0 heterocycles. The van der Waals surface area contributed by atoms with Crippen LogP contribution in [-0.2, 0) is 43.1 Å². The van der Waals surface area contributed by atoms with Gasteiger partial charge in [-0.15, -0.1) is 20.2 Å². The summed E-state index contributed by atoms with van der Waals surface area (Å²) in [6.45, 7) is 1.99. The van der Waals surface area contributed by atoms with E-state index in [1.54, 1.807) is 43.3 Å². The normalized spacial score (nSPS) is 12.0. The lowest BCUT2D eigenvalue weighted by molar-refractivity contribution is -0.757. The van der Waals surface area contributed by atoms with Crippen molar-refractivity contribution in [3.8, 4) is 5.75 Å².